The lowest BCUT2D eigenvalue weighted by atomic mass is 10.0. The third-order valence-electron chi connectivity index (χ3n) is 4.08. The Morgan fingerprint density at radius 1 is 1.43 bits per heavy atom. The molecule has 0 spiro atoms. The van der Waals surface area contributed by atoms with E-state index in [4.69, 9.17) is 4.74 Å². The number of benzene rings is 1. The van der Waals surface area contributed by atoms with Gasteiger partial charge < -0.3 is 4.74 Å². The highest BCUT2D eigenvalue weighted by molar-refractivity contribution is 5.31. The number of methoxy groups -OCH3 is 1. The number of hydrogen-bond donors (Lipinski definition) is 1. The first-order chi connectivity index (χ1) is 10.2. The van der Waals surface area contributed by atoms with Gasteiger partial charge in [0, 0.05) is 42.9 Å². The topological polar surface area (TPSA) is 41.2 Å². The maximum Gasteiger partial charge on any atom is 0.127 e. The van der Waals surface area contributed by atoms with Crippen molar-refractivity contribution < 1.29 is 9.13 Å². The Bertz CT molecular complexity index is 625. The maximum atomic E-state index is 13.9. The van der Waals surface area contributed by atoms with Crippen molar-refractivity contribution in [1.29, 1.82) is 0 Å². The van der Waals surface area contributed by atoms with E-state index in [1.54, 1.807) is 19.2 Å². The molecular formula is C16H20FN3O. The molecule has 0 bridgehead atoms. The molecule has 0 unspecified atom stereocenters. The van der Waals surface area contributed by atoms with Gasteiger partial charge >= 0.3 is 0 Å². The lowest BCUT2D eigenvalue weighted by Gasteiger charge is -2.27. The Morgan fingerprint density at radius 3 is 3.05 bits per heavy atom. The van der Waals surface area contributed by atoms with E-state index in [1.807, 2.05) is 0 Å². The number of H-pyrrole nitrogens is 1. The normalized spacial score (nSPS) is 15.0. The molecule has 0 fully saturated rings. The first kappa shape index (κ1) is 14.1. The molecule has 3 rings (SSSR count). The van der Waals surface area contributed by atoms with Crippen LogP contribution in [0.2, 0.25) is 0 Å². The van der Waals surface area contributed by atoms with Crippen LogP contribution in [-0.2, 0) is 25.9 Å². The number of nitrogens with one attached hydrogen (secondary N) is 1. The molecule has 0 saturated carbocycles. The molecule has 0 aliphatic carbocycles. The van der Waals surface area contributed by atoms with Gasteiger partial charge in [-0.15, -0.1) is 0 Å². The van der Waals surface area contributed by atoms with E-state index in [0.717, 1.165) is 31.6 Å². The van der Waals surface area contributed by atoms with Crippen molar-refractivity contribution in [2.24, 2.45) is 0 Å². The summed E-state index contributed by atoms with van der Waals surface area (Å²) in [4.78, 5) is 2.26. The molecule has 0 amide bonds. The Hall–Kier alpha value is -1.88. The minimum atomic E-state index is -0.176. The molecule has 0 saturated heterocycles. The number of hydrogen-bond acceptors (Lipinski definition) is 3. The molecule has 1 aliphatic heterocycles. The highest BCUT2D eigenvalue weighted by Gasteiger charge is 2.22. The van der Waals surface area contributed by atoms with Crippen LogP contribution in [0.25, 0.3) is 0 Å². The Kier molecular flexibility index (Phi) is 3.92. The second-order valence-corrected chi connectivity index (χ2v) is 5.40. The van der Waals surface area contributed by atoms with Crippen LogP contribution in [0.3, 0.4) is 0 Å². The molecule has 0 radical (unpaired) electrons. The number of aryl methyl sites for hydroxylation is 1. The molecule has 0 atom stereocenters. The molecule has 4 nitrogen and oxygen atoms in total. The van der Waals surface area contributed by atoms with E-state index in [0.29, 0.717) is 17.9 Å². The van der Waals surface area contributed by atoms with Gasteiger partial charge in [-0.25, -0.2) is 4.39 Å². The fraction of sp³-hybridized carbons (Fsp3) is 0.438. The predicted molar refractivity (Wildman–Crippen MR) is 78.7 cm³/mol. The van der Waals surface area contributed by atoms with Crippen LogP contribution in [0.15, 0.2) is 18.2 Å². The SMILES string of the molecule is CCc1n[nH]c2c1CN(Cc1cc(OC)ccc1F)CC2. The predicted octanol–water partition coefficient (Wildman–Crippen LogP) is 2.68. The van der Waals surface area contributed by atoms with E-state index in [-0.39, 0.29) is 5.82 Å². The van der Waals surface area contributed by atoms with Gasteiger partial charge in [-0.1, -0.05) is 6.92 Å². The van der Waals surface area contributed by atoms with E-state index in [9.17, 15) is 4.39 Å². The van der Waals surface area contributed by atoms with Crippen molar-refractivity contribution in [3.05, 3.63) is 46.5 Å². The summed E-state index contributed by atoms with van der Waals surface area (Å²) in [7, 11) is 1.60. The van der Waals surface area contributed by atoms with Gasteiger partial charge in [-0.05, 0) is 24.6 Å². The second kappa shape index (κ2) is 5.85. The quantitative estimate of drug-likeness (QED) is 0.941. The summed E-state index contributed by atoms with van der Waals surface area (Å²) in [6.45, 7) is 4.44. The number of aromatic nitrogens is 2. The molecule has 1 N–H and O–H groups in total. The first-order valence-corrected chi connectivity index (χ1v) is 7.31. The van der Waals surface area contributed by atoms with Gasteiger partial charge in [0.25, 0.3) is 0 Å². The molecule has 1 aromatic carbocycles. The zero-order valence-electron chi connectivity index (χ0n) is 12.4. The minimum absolute atomic E-state index is 0.176. The molecule has 1 aliphatic rings. The summed E-state index contributed by atoms with van der Waals surface area (Å²) < 4.78 is 19.1. The van der Waals surface area contributed by atoms with Crippen LogP contribution in [0.4, 0.5) is 4.39 Å². The van der Waals surface area contributed by atoms with Crippen LogP contribution < -0.4 is 4.74 Å². The maximum absolute atomic E-state index is 13.9. The Labute approximate surface area is 123 Å². The molecule has 2 heterocycles. The molecule has 2 aromatic rings. The van der Waals surface area contributed by atoms with E-state index >= 15 is 0 Å². The number of fused-ring (bicyclic) bond motifs is 1. The summed E-state index contributed by atoms with van der Waals surface area (Å²) >= 11 is 0. The lowest BCUT2D eigenvalue weighted by Crippen LogP contribution is -2.30. The van der Waals surface area contributed by atoms with Crippen molar-refractivity contribution >= 4 is 0 Å². The van der Waals surface area contributed by atoms with Gasteiger partial charge in [-0.2, -0.15) is 5.10 Å². The number of ether oxygens (including phenoxy) is 1. The highest BCUT2D eigenvalue weighted by atomic mass is 19.1. The zero-order valence-corrected chi connectivity index (χ0v) is 12.4. The van der Waals surface area contributed by atoms with Gasteiger partial charge in [0.15, 0.2) is 0 Å². The minimum Gasteiger partial charge on any atom is -0.497 e. The van der Waals surface area contributed by atoms with Crippen LogP contribution in [0, 0.1) is 5.82 Å². The van der Waals surface area contributed by atoms with Crippen LogP contribution in [0.5, 0.6) is 5.75 Å². The summed E-state index contributed by atoms with van der Waals surface area (Å²) in [5.74, 6) is 0.520. The standard InChI is InChI=1S/C16H20FN3O/c1-3-15-13-10-20(7-6-16(13)19-18-15)9-11-8-12(21-2)4-5-14(11)17/h4-5,8H,3,6-7,9-10H2,1-2H3,(H,18,19). The summed E-state index contributed by atoms with van der Waals surface area (Å²) in [6, 6.07) is 4.90. The van der Waals surface area contributed by atoms with E-state index in [1.165, 1.54) is 17.3 Å². The van der Waals surface area contributed by atoms with Crippen molar-refractivity contribution in [2.45, 2.75) is 32.9 Å². The second-order valence-electron chi connectivity index (χ2n) is 5.40. The first-order valence-electron chi connectivity index (χ1n) is 7.31. The smallest absolute Gasteiger partial charge is 0.127 e. The zero-order chi connectivity index (χ0) is 14.8. The molecule has 112 valence electrons. The van der Waals surface area contributed by atoms with Crippen LogP contribution in [0.1, 0.15) is 29.4 Å². The lowest BCUT2D eigenvalue weighted by molar-refractivity contribution is 0.240. The molecule has 21 heavy (non-hydrogen) atoms. The van der Waals surface area contributed by atoms with Gasteiger partial charge in [0.1, 0.15) is 11.6 Å². The average molecular weight is 289 g/mol. The van der Waals surface area contributed by atoms with E-state index < -0.39 is 0 Å². The summed E-state index contributed by atoms with van der Waals surface area (Å²) in [5.41, 5.74) is 4.32. The summed E-state index contributed by atoms with van der Waals surface area (Å²) in [5, 5.41) is 7.48. The number of rotatable bonds is 4. The highest BCUT2D eigenvalue weighted by Crippen LogP contribution is 2.24. The van der Waals surface area contributed by atoms with Crippen LogP contribution >= 0.6 is 0 Å². The largest absolute Gasteiger partial charge is 0.497 e. The third kappa shape index (κ3) is 2.78. The van der Waals surface area contributed by atoms with Crippen molar-refractivity contribution in [3.63, 3.8) is 0 Å². The third-order valence-corrected chi connectivity index (χ3v) is 4.08. The van der Waals surface area contributed by atoms with Crippen molar-refractivity contribution in [3.8, 4) is 5.75 Å². The van der Waals surface area contributed by atoms with Crippen molar-refractivity contribution in [1.82, 2.24) is 15.1 Å². The Balaban J connectivity index is 1.78. The van der Waals surface area contributed by atoms with Crippen molar-refractivity contribution in [2.75, 3.05) is 13.7 Å². The Morgan fingerprint density at radius 2 is 2.29 bits per heavy atom. The molecule has 1 aromatic heterocycles. The molecule has 5 heteroatoms. The number of aromatic amines is 1. The molecular weight excluding hydrogens is 269 g/mol. The van der Waals surface area contributed by atoms with E-state index in [2.05, 4.69) is 22.0 Å². The fourth-order valence-corrected chi connectivity index (χ4v) is 2.88. The van der Waals surface area contributed by atoms with Crippen LogP contribution in [-0.4, -0.2) is 28.8 Å². The number of nitrogens with zero attached hydrogens (tertiary/aromatic N) is 2. The van der Waals surface area contributed by atoms with Gasteiger partial charge in [0.2, 0.25) is 0 Å². The monoisotopic (exact) mass is 289 g/mol. The van der Waals surface area contributed by atoms with Gasteiger partial charge in [0.05, 0.1) is 12.8 Å². The van der Waals surface area contributed by atoms with Gasteiger partial charge in [-0.3, -0.25) is 10.00 Å². The number of halogens is 1. The summed E-state index contributed by atoms with van der Waals surface area (Å²) in [6.07, 6.45) is 1.86. The average Bonchev–Trinajstić information content (AvgIpc) is 2.92. The fourth-order valence-electron chi connectivity index (χ4n) is 2.88.